The van der Waals surface area contributed by atoms with Gasteiger partial charge >= 0.3 is 0 Å². The minimum Gasteiger partial charge on any atom is -0.497 e. The molecule has 152 valence electrons. The summed E-state index contributed by atoms with van der Waals surface area (Å²) < 4.78 is 6.98. The second kappa shape index (κ2) is 11.4. The molecule has 0 fully saturated rings. The Hall–Kier alpha value is -2.47. The van der Waals surface area contributed by atoms with Gasteiger partial charge in [0.05, 0.1) is 7.11 Å². The molecule has 2 rings (SSSR count). The molecule has 0 unspecified atom stereocenters. The highest BCUT2D eigenvalue weighted by atomic mass is 35.5. The number of hydrogen-bond acceptors (Lipinski definition) is 3. The number of aromatic nitrogens is 1. The van der Waals surface area contributed by atoms with Crippen LogP contribution in [0.1, 0.15) is 24.1 Å². The van der Waals surface area contributed by atoms with E-state index in [0.29, 0.717) is 5.02 Å². The maximum Gasteiger partial charge on any atom is 0.250 e. The van der Waals surface area contributed by atoms with Crippen LogP contribution in [-0.4, -0.2) is 37.8 Å². The van der Waals surface area contributed by atoms with Gasteiger partial charge in [-0.2, -0.15) is 0 Å². The van der Waals surface area contributed by atoms with E-state index in [-0.39, 0.29) is 5.56 Å². The second-order valence-electron chi connectivity index (χ2n) is 6.50. The topological polar surface area (TPSA) is 67.7 Å². The molecule has 0 aliphatic heterocycles. The fraction of sp³-hybridized carbons (Fsp3) is 0.429. The Morgan fingerprint density at radius 1 is 1.18 bits per heavy atom. The summed E-state index contributed by atoms with van der Waals surface area (Å²) in [5.41, 5.74) is 2.12. The van der Waals surface area contributed by atoms with Crippen molar-refractivity contribution in [3.8, 4) is 5.75 Å². The molecule has 28 heavy (non-hydrogen) atoms. The number of pyridine rings is 1. The van der Waals surface area contributed by atoms with E-state index in [1.165, 1.54) is 0 Å². The van der Waals surface area contributed by atoms with Gasteiger partial charge in [-0.1, -0.05) is 23.7 Å². The van der Waals surface area contributed by atoms with Gasteiger partial charge < -0.3 is 19.9 Å². The van der Waals surface area contributed by atoms with Crippen molar-refractivity contribution in [1.29, 1.82) is 0 Å². The molecule has 0 saturated carbocycles. The van der Waals surface area contributed by atoms with Crippen LogP contribution in [0.2, 0.25) is 5.02 Å². The third kappa shape index (κ3) is 6.60. The lowest BCUT2D eigenvalue weighted by Gasteiger charge is -2.13. The van der Waals surface area contributed by atoms with E-state index in [2.05, 4.69) is 15.6 Å². The monoisotopic (exact) mass is 404 g/mol. The largest absolute Gasteiger partial charge is 0.497 e. The molecule has 2 aromatic rings. The number of halogens is 1. The second-order valence-corrected chi connectivity index (χ2v) is 6.90. The van der Waals surface area contributed by atoms with Crippen LogP contribution in [0.5, 0.6) is 5.75 Å². The van der Waals surface area contributed by atoms with Crippen LogP contribution < -0.4 is 20.9 Å². The molecule has 6 nitrogen and oxygen atoms in total. The molecule has 0 bridgehead atoms. The van der Waals surface area contributed by atoms with Gasteiger partial charge in [0.15, 0.2) is 5.96 Å². The van der Waals surface area contributed by atoms with Gasteiger partial charge in [-0.25, -0.2) is 0 Å². The minimum atomic E-state index is 0.0580. The summed E-state index contributed by atoms with van der Waals surface area (Å²) in [6.45, 7) is 4.21. The van der Waals surface area contributed by atoms with E-state index in [1.54, 1.807) is 26.3 Å². The lowest BCUT2D eigenvalue weighted by Crippen LogP contribution is -2.38. The van der Waals surface area contributed by atoms with Crippen molar-refractivity contribution in [3.63, 3.8) is 0 Å². The van der Waals surface area contributed by atoms with Crippen LogP contribution >= 0.6 is 11.6 Å². The number of ether oxygens (including phenoxy) is 1. The highest BCUT2D eigenvalue weighted by molar-refractivity contribution is 6.31. The van der Waals surface area contributed by atoms with Crippen LogP contribution in [0.3, 0.4) is 0 Å². The zero-order chi connectivity index (χ0) is 20.4. The normalized spacial score (nSPS) is 11.4. The van der Waals surface area contributed by atoms with Crippen molar-refractivity contribution in [2.75, 3.05) is 27.2 Å². The summed E-state index contributed by atoms with van der Waals surface area (Å²) in [5, 5.41) is 7.30. The lowest BCUT2D eigenvalue weighted by molar-refractivity contribution is 0.414. The average Bonchev–Trinajstić information content (AvgIpc) is 2.69. The van der Waals surface area contributed by atoms with Gasteiger partial charge in [0.1, 0.15) is 5.75 Å². The Morgan fingerprint density at radius 3 is 2.64 bits per heavy atom. The molecule has 0 amide bonds. The molecule has 0 aliphatic rings. The lowest BCUT2D eigenvalue weighted by atomic mass is 10.1. The SMILES string of the molecule is CN=C(NCCCCn1c(C)cccc1=O)NCCc1ccc(OC)cc1Cl. The number of rotatable bonds is 9. The molecule has 0 spiro atoms. The molecule has 1 aromatic carbocycles. The third-order valence-electron chi connectivity index (χ3n) is 4.54. The van der Waals surface area contributed by atoms with Crippen molar-refractivity contribution < 1.29 is 4.74 Å². The summed E-state index contributed by atoms with van der Waals surface area (Å²) >= 11 is 6.27. The van der Waals surface area contributed by atoms with E-state index in [9.17, 15) is 4.79 Å². The number of nitrogens with zero attached hydrogens (tertiary/aromatic N) is 2. The molecule has 0 radical (unpaired) electrons. The molecule has 7 heteroatoms. The summed E-state index contributed by atoms with van der Waals surface area (Å²) in [5.74, 6) is 1.52. The van der Waals surface area contributed by atoms with Gasteiger partial charge in [0, 0.05) is 43.5 Å². The van der Waals surface area contributed by atoms with E-state index in [0.717, 1.165) is 61.9 Å². The van der Waals surface area contributed by atoms with E-state index in [1.807, 2.05) is 35.8 Å². The van der Waals surface area contributed by atoms with E-state index < -0.39 is 0 Å². The Bertz CT molecular complexity index is 849. The van der Waals surface area contributed by atoms with Crippen molar-refractivity contribution in [2.45, 2.75) is 32.7 Å². The van der Waals surface area contributed by atoms with Crippen molar-refractivity contribution in [3.05, 3.63) is 63.0 Å². The molecule has 0 saturated heterocycles. The van der Waals surface area contributed by atoms with Crippen molar-refractivity contribution >= 4 is 17.6 Å². The van der Waals surface area contributed by atoms with Crippen LogP contribution in [0.4, 0.5) is 0 Å². The zero-order valence-electron chi connectivity index (χ0n) is 16.8. The average molecular weight is 405 g/mol. The van der Waals surface area contributed by atoms with Crippen LogP contribution in [-0.2, 0) is 13.0 Å². The molecular formula is C21H29ClN4O2. The standard InChI is InChI=1S/C21H29ClN4O2/c1-16-7-6-8-20(27)26(16)14-5-4-12-24-21(23-2)25-13-11-17-9-10-18(28-3)15-19(17)22/h6-10,15H,4-5,11-14H2,1-3H3,(H2,23,24,25). The maximum absolute atomic E-state index is 11.9. The Labute approximate surface area is 171 Å². The molecule has 2 N–H and O–H groups in total. The predicted molar refractivity (Wildman–Crippen MR) is 116 cm³/mol. The van der Waals surface area contributed by atoms with Crippen LogP contribution in [0.15, 0.2) is 46.2 Å². The molecule has 1 aromatic heterocycles. The fourth-order valence-electron chi connectivity index (χ4n) is 2.91. The first kappa shape index (κ1) is 21.8. The molecule has 0 atom stereocenters. The zero-order valence-corrected chi connectivity index (χ0v) is 17.6. The number of hydrogen-bond donors (Lipinski definition) is 2. The summed E-state index contributed by atoms with van der Waals surface area (Å²) in [6, 6.07) is 11.1. The van der Waals surface area contributed by atoms with Gasteiger partial charge in [0.25, 0.3) is 5.56 Å². The van der Waals surface area contributed by atoms with Crippen LogP contribution in [0, 0.1) is 6.92 Å². The number of benzene rings is 1. The summed E-state index contributed by atoms with van der Waals surface area (Å²) in [7, 11) is 3.38. The Balaban J connectivity index is 1.68. The maximum atomic E-state index is 11.9. The molecule has 0 aliphatic carbocycles. The number of methoxy groups -OCH3 is 1. The fourth-order valence-corrected chi connectivity index (χ4v) is 3.17. The van der Waals surface area contributed by atoms with Crippen molar-refractivity contribution in [1.82, 2.24) is 15.2 Å². The number of nitrogens with one attached hydrogen (secondary N) is 2. The van der Waals surface area contributed by atoms with E-state index in [4.69, 9.17) is 16.3 Å². The number of unbranched alkanes of at least 4 members (excludes halogenated alkanes) is 1. The first-order valence-corrected chi connectivity index (χ1v) is 9.86. The van der Waals surface area contributed by atoms with Gasteiger partial charge in [-0.05, 0) is 49.9 Å². The minimum absolute atomic E-state index is 0.0580. The molecule has 1 heterocycles. The Morgan fingerprint density at radius 2 is 1.96 bits per heavy atom. The third-order valence-corrected chi connectivity index (χ3v) is 4.89. The number of aliphatic imine (C=N–C) groups is 1. The number of guanidine groups is 1. The Kier molecular flexibility index (Phi) is 8.88. The first-order valence-electron chi connectivity index (χ1n) is 9.48. The van der Waals surface area contributed by atoms with E-state index >= 15 is 0 Å². The summed E-state index contributed by atoms with van der Waals surface area (Å²) in [6.07, 6.45) is 2.67. The molecular weight excluding hydrogens is 376 g/mol. The highest BCUT2D eigenvalue weighted by Gasteiger charge is 2.04. The quantitative estimate of drug-likeness (QED) is 0.383. The number of aryl methyl sites for hydroxylation is 1. The van der Waals surface area contributed by atoms with Gasteiger partial charge in [0.2, 0.25) is 0 Å². The first-order chi connectivity index (χ1) is 13.5. The summed E-state index contributed by atoms with van der Waals surface area (Å²) in [4.78, 5) is 16.1. The smallest absolute Gasteiger partial charge is 0.250 e. The highest BCUT2D eigenvalue weighted by Crippen LogP contribution is 2.22. The van der Waals surface area contributed by atoms with Gasteiger partial charge in [-0.3, -0.25) is 9.79 Å². The predicted octanol–water partition coefficient (Wildman–Crippen LogP) is 3.01. The van der Waals surface area contributed by atoms with Gasteiger partial charge in [-0.15, -0.1) is 0 Å². The van der Waals surface area contributed by atoms with Crippen LogP contribution in [0.25, 0.3) is 0 Å². The van der Waals surface area contributed by atoms with Crippen molar-refractivity contribution in [2.24, 2.45) is 4.99 Å².